The Morgan fingerprint density at radius 2 is 2.10 bits per heavy atom. The van der Waals surface area contributed by atoms with Crippen LogP contribution in [0.3, 0.4) is 0 Å². The third kappa shape index (κ3) is 5.16. The Hall–Kier alpha value is -1.93. The lowest BCUT2D eigenvalue weighted by atomic mass is 10.2. The quantitative estimate of drug-likeness (QED) is 0.660. The number of hydrogen-bond acceptors (Lipinski definition) is 5. The molecule has 1 aromatic rings. The van der Waals surface area contributed by atoms with Crippen LogP contribution >= 0.6 is 15.9 Å². The number of carbonyl (C=O) groups excluding carboxylic acids is 2. The van der Waals surface area contributed by atoms with Crippen LogP contribution in [0.1, 0.15) is 23.7 Å². The molecule has 1 aromatic carbocycles. The van der Waals surface area contributed by atoms with Gasteiger partial charge in [-0.05, 0) is 41.1 Å². The van der Waals surface area contributed by atoms with Gasteiger partial charge in [0.1, 0.15) is 0 Å². The fourth-order valence-corrected chi connectivity index (χ4v) is 1.94. The summed E-state index contributed by atoms with van der Waals surface area (Å²) in [6, 6.07) is 3.33. The first-order valence-electron chi connectivity index (χ1n) is 6.10. The van der Waals surface area contributed by atoms with Crippen molar-refractivity contribution in [1.82, 2.24) is 0 Å². The SMILES string of the molecule is CCOC(=O)c1ccc(NC(=O)C(N)CC(=O)O)c(Br)c1. The number of rotatable bonds is 6. The smallest absolute Gasteiger partial charge is 0.338 e. The number of ether oxygens (including phenoxy) is 1. The van der Waals surface area contributed by atoms with E-state index >= 15 is 0 Å². The Balaban J connectivity index is 2.79. The largest absolute Gasteiger partial charge is 0.481 e. The molecule has 0 spiro atoms. The Morgan fingerprint density at radius 1 is 1.43 bits per heavy atom. The van der Waals surface area contributed by atoms with Crippen LogP contribution in [0.2, 0.25) is 0 Å². The van der Waals surface area contributed by atoms with Gasteiger partial charge in [-0.2, -0.15) is 0 Å². The van der Waals surface area contributed by atoms with Crippen molar-refractivity contribution < 1.29 is 24.2 Å². The summed E-state index contributed by atoms with van der Waals surface area (Å²) in [5, 5.41) is 11.1. The van der Waals surface area contributed by atoms with Gasteiger partial charge in [-0.1, -0.05) is 0 Å². The minimum atomic E-state index is -1.16. The monoisotopic (exact) mass is 358 g/mol. The van der Waals surface area contributed by atoms with E-state index in [0.717, 1.165) is 0 Å². The van der Waals surface area contributed by atoms with E-state index in [1.54, 1.807) is 6.92 Å². The summed E-state index contributed by atoms with van der Waals surface area (Å²) < 4.78 is 5.32. The van der Waals surface area contributed by atoms with E-state index in [2.05, 4.69) is 21.2 Å². The van der Waals surface area contributed by atoms with E-state index < -0.39 is 30.3 Å². The van der Waals surface area contributed by atoms with Crippen molar-refractivity contribution in [2.24, 2.45) is 5.73 Å². The standard InChI is InChI=1S/C13H15BrN2O5/c1-2-21-13(20)7-3-4-10(8(14)5-7)16-12(19)9(15)6-11(17)18/h3-5,9H,2,6,15H2,1H3,(H,16,19)(H,17,18). The van der Waals surface area contributed by atoms with Crippen molar-refractivity contribution in [2.45, 2.75) is 19.4 Å². The van der Waals surface area contributed by atoms with Gasteiger partial charge in [-0.25, -0.2) is 4.79 Å². The lowest BCUT2D eigenvalue weighted by Crippen LogP contribution is -2.37. The highest BCUT2D eigenvalue weighted by atomic mass is 79.9. The van der Waals surface area contributed by atoms with Gasteiger partial charge in [0, 0.05) is 4.47 Å². The molecule has 1 unspecified atom stereocenters. The number of aliphatic carboxylic acids is 1. The topological polar surface area (TPSA) is 119 Å². The average molecular weight is 359 g/mol. The summed E-state index contributed by atoms with van der Waals surface area (Å²) in [6.45, 7) is 1.96. The van der Waals surface area contributed by atoms with Crippen molar-refractivity contribution in [2.75, 3.05) is 11.9 Å². The number of amides is 1. The Labute approximate surface area is 129 Å². The molecule has 21 heavy (non-hydrogen) atoms. The molecule has 4 N–H and O–H groups in total. The average Bonchev–Trinajstić information content (AvgIpc) is 2.40. The molecule has 0 saturated heterocycles. The third-order valence-corrected chi connectivity index (χ3v) is 3.13. The molecule has 0 bridgehead atoms. The summed E-state index contributed by atoms with van der Waals surface area (Å²) in [5.74, 6) is -2.25. The van der Waals surface area contributed by atoms with Crippen LogP contribution in [0.4, 0.5) is 5.69 Å². The predicted octanol–water partition coefficient (Wildman–Crippen LogP) is 1.37. The number of nitrogens with two attached hydrogens (primary N) is 1. The number of carboxylic acids is 1. The second-order valence-corrected chi connectivity index (χ2v) is 4.96. The van der Waals surface area contributed by atoms with Gasteiger partial charge >= 0.3 is 11.9 Å². The molecule has 0 aliphatic rings. The third-order valence-electron chi connectivity index (χ3n) is 2.47. The number of anilines is 1. The molecule has 0 heterocycles. The van der Waals surface area contributed by atoms with Gasteiger partial charge in [0.2, 0.25) is 5.91 Å². The van der Waals surface area contributed by atoms with Gasteiger partial charge in [0.05, 0.1) is 30.3 Å². The lowest BCUT2D eigenvalue weighted by molar-refractivity contribution is -0.138. The fourth-order valence-electron chi connectivity index (χ4n) is 1.46. The number of esters is 1. The van der Waals surface area contributed by atoms with Crippen molar-refractivity contribution in [1.29, 1.82) is 0 Å². The maximum absolute atomic E-state index is 11.7. The first-order valence-corrected chi connectivity index (χ1v) is 6.89. The van der Waals surface area contributed by atoms with E-state index in [-0.39, 0.29) is 6.61 Å². The van der Waals surface area contributed by atoms with Crippen LogP contribution in [-0.2, 0) is 14.3 Å². The molecule has 0 radical (unpaired) electrons. The zero-order valence-electron chi connectivity index (χ0n) is 11.3. The summed E-state index contributed by atoms with van der Waals surface area (Å²) in [6.07, 6.45) is -0.468. The molecule has 1 atom stereocenters. The van der Waals surface area contributed by atoms with Crippen LogP contribution in [0.25, 0.3) is 0 Å². The molecule has 8 heteroatoms. The van der Waals surface area contributed by atoms with E-state index in [9.17, 15) is 14.4 Å². The molecule has 1 amide bonds. The van der Waals surface area contributed by atoms with Crippen LogP contribution in [0, 0.1) is 0 Å². The molecule has 7 nitrogen and oxygen atoms in total. The second kappa shape index (κ2) is 7.75. The van der Waals surface area contributed by atoms with Crippen LogP contribution in [0.5, 0.6) is 0 Å². The minimum absolute atomic E-state index is 0.263. The number of carbonyl (C=O) groups is 3. The molecule has 0 aromatic heterocycles. The summed E-state index contributed by atoms with van der Waals surface area (Å²) in [7, 11) is 0. The van der Waals surface area contributed by atoms with Crippen molar-refractivity contribution >= 4 is 39.5 Å². The molecule has 0 fully saturated rings. The van der Waals surface area contributed by atoms with Crippen LogP contribution < -0.4 is 11.1 Å². The maximum Gasteiger partial charge on any atom is 0.338 e. The van der Waals surface area contributed by atoms with E-state index in [0.29, 0.717) is 15.7 Å². The number of halogens is 1. The van der Waals surface area contributed by atoms with Gasteiger partial charge < -0.3 is 20.9 Å². The van der Waals surface area contributed by atoms with Crippen molar-refractivity contribution in [3.8, 4) is 0 Å². The summed E-state index contributed by atoms with van der Waals surface area (Å²) >= 11 is 3.22. The first-order chi connectivity index (χ1) is 9.85. The molecule has 1 rings (SSSR count). The number of carboxylic acid groups (broad SMARTS) is 1. The molecule has 0 saturated carbocycles. The van der Waals surface area contributed by atoms with Gasteiger partial charge in [0.25, 0.3) is 0 Å². The number of benzene rings is 1. The normalized spacial score (nSPS) is 11.6. The fraction of sp³-hybridized carbons (Fsp3) is 0.308. The predicted molar refractivity (Wildman–Crippen MR) is 79.0 cm³/mol. The highest BCUT2D eigenvalue weighted by Crippen LogP contribution is 2.24. The van der Waals surface area contributed by atoms with Gasteiger partial charge in [0.15, 0.2) is 0 Å². The number of nitrogens with one attached hydrogen (secondary N) is 1. The second-order valence-electron chi connectivity index (χ2n) is 4.11. The first kappa shape index (κ1) is 17.1. The summed E-state index contributed by atoms with van der Waals surface area (Å²) in [5.41, 5.74) is 6.16. The van der Waals surface area contributed by atoms with Crippen LogP contribution in [-0.4, -0.2) is 35.6 Å². The van der Waals surface area contributed by atoms with Crippen LogP contribution in [0.15, 0.2) is 22.7 Å². The zero-order chi connectivity index (χ0) is 16.0. The Kier molecular flexibility index (Phi) is 6.32. The van der Waals surface area contributed by atoms with Crippen molar-refractivity contribution in [3.63, 3.8) is 0 Å². The Morgan fingerprint density at radius 3 is 2.62 bits per heavy atom. The molecular weight excluding hydrogens is 344 g/mol. The van der Waals surface area contributed by atoms with Crippen molar-refractivity contribution in [3.05, 3.63) is 28.2 Å². The summed E-state index contributed by atoms with van der Waals surface area (Å²) in [4.78, 5) is 33.7. The molecule has 114 valence electrons. The molecule has 0 aliphatic heterocycles. The molecule has 0 aliphatic carbocycles. The van der Waals surface area contributed by atoms with Gasteiger partial charge in [-0.3, -0.25) is 9.59 Å². The molecular formula is C13H15BrN2O5. The van der Waals surface area contributed by atoms with E-state index in [1.807, 2.05) is 0 Å². The van der Waals surface area contributed by atoms with Gasteiger partial charge in [-0.15, -0.1) is 0 Å². The van der Waals surface area contributed by atoms with E-state index in [1.165, 1.54) is 18.2 Å². The maximum atomic E-state index is 11.7. The highest BCUT2D eigenvalue weighted by molar-refractivity contribution is 9.10. The zero-order valence-corrected chi connectivity index (χ0v) is 12.8. The highest BCUT2D eigenvalue weighted by Gasteiger charge is 2.18. The van der Waals surface area contributed by atoms with E-state index in [4.69, 9.17) is 15.6 Å². The minimum Gasteiger partial charge on any atom is -0.481 e. The lowest BCUT2D eigenvalue weighted by Gasteiger charge is -2.12. The number of hydrogen-bond donors (Lipinski definition) is 3. The Bertz CT molecular complexity index is 561.